The van der Waals surface area contributed by atoms with Crippen molar-refractivity contribution in [3.8, 4) is 33.4 Å². The van der Waals surface area contributed by atoms with E-state index in [0.717, 1.165) is 29.2 Å². The maximum Gasteiger partial charge on any atom is 0.422 e. The third kappa shape index (κ3) is 5.32. The normalized spacial score (nSPS) is 11.6. The van der Waals surface area contributed by atoms with E-state index in [4.69, 9.17) is 0 Å². The van der Waals surface area contributed by atoms with Gasteiger partial charge in [-0.3, -0.25) is 0 Å². The first kappa shape index (κ1) is 26.3. The molecular weight excluding hydrogens is 510 g/mol. The highest BCUT2D eigenvalue weighted by Gasteiger charge is 2.38. The maximum absolute atomic E-state index is 15.5. The highest BCUT2D eigenvalue weighted by Crippen LogP contribution is 2.39. The zero-order valence-corrected chi connectivity index (χ0v) is 20.6. The van der Waals surface area contributed by atoms with Crippen molar-refractivity contribution < 1.29 is 26.3 Å². The Morgan fingerprint density at radius 1 is 0.590 bits per heavy atom. The SMILES string of the molecule is C=CCCc1ccc2cc(-c3ccc(-c4ccccc4-c4cc(F)c(C(F)(F)F)c(F)c4)c(F)c3)ccc2c1. The number of fused-ring (bicyclic) bond motifs is 1. The van der Waals surface area contributed by atoms with Crippen LogP contribution in [0.4, 0.5) is 26.3 Å². The Bertz CT molecular complexity index is 1670. The minimum atomic E-state index is -5.18. The smallest absolute Gasteiger partial charge is 0.206 e. The molecule has 0 saturated heterocycles. The molecule has 0 unspecified atom stereocenters. The zero-order chi connectivity index (χ0) is 27.7. The first-order valence-corrected chi connectivity index (χ1v) is 12.3. The van der Waals surface area contributed by atoms with Crippen molar-refractivity contribution in [3.63, 3.8) is 0 Å². The summed E-state index contributed by atoms with van der Waals surface area (Å²) in [7, 11) is 0. The van der Waals surface area contributed by atoms with E-state index in [0.29, 0.717) is 23.3 Å². The summed E-state index contributed by atoms with van der Waals surface area (Å²) in [5.41, 5.74) is 1.23. The second kappa shape index (κ2) is 10.4. The first-order chi connectivity index (χ1) is 18.7. The van der Waals surface area contributed by atoms with Gasteiger partial charge in [-0.1, -0.05) is 72.8 Å². The molecule has 0 spiro atoms. The monoisotopic (exact) mass is 532 g/mol. The van der Waals surface area contributed by atoms with Crippen molar-refractivity contribution in [1.82, 2.24) is 0 Å². The van der Waals surface area contributed by atoms with Gasteiger partial charge in [-0.2, -0.15) is 13.2 Å². The molecule has 0 aliphatic carbocycles. The van der Waals surface area contributed by atoms with Gasteiger partial charge in [0.25, 0.3) is 0 Å². The number of rotatable bonds is 6. The van der Waals surface area contributed by atoms with Crippen molar-refractivity contribution in [2.45, 2.75) is 19.0 Å². The molecule has 0 N–H and O–H groups in total. The topological polar surface area (TPSA) is 0 Å². The van der Waals surface area contributed by atoms with Crippen LogP contribution >= 0.6 is 0 Å². The van der Waals surface area contributed by atoms with Crippen LogP contribution in [-0.2, 0) is 12.6 Å². The van der Waals surface area contributed by atoms with E-state index in [1.165, 1.54) is 17.7 Å². The molecule has 0 amide bonds. The van der Waals surface area contributed by atoms with Crippen LogP contribution in [0.15, 0.2) is 104 Å². The average molecular weight is 533 g/mol. The molecule has 0 heterocycles. The van der Waals surface area contributed by atoms with Crippen LogP contribution < -0.4 is 0 Å². The van der Waals surface area contributed by atoms with Crippen LogP contribution in [0, 0.1) is 17.5 Å². The standard InChI is InChI=1S/C33H22F6/c1-2-3-6-20-9-10-22-16-23(12-11-21(22)15-20)24-13-14-28(29(34)17-24)27-8-5-4-7-26(27)25-18-30(35)32(31(36)19-25)33(37,38)39/h2,4-5,7-19H,1,3,6H2. The Hall–Kier alpha value is -4.32. The highest BCUT2D eigenvalue weighted by molar-refractivity contribution is 5.89. The Kier molecular flexibility index (Phi) is 7.04. The van der Waals surface area contributed by atoms with Gasteiger partial charge in [-0.15, -0.1) is 6.58 Å². The van der Waals surface area contributed by atoms with E-state index < -0.39 is 29.2 Å². The molecule has 0 radical (unpaired) electrons. The lowest BCUT2D eigenvalue weighted by atomic mass is 9.92. The molecule has 0 aliphatic rings. The number of benzene rings is 5. The van der Waals surface area contributed by atoms with Crippen LogP contribution in [0.1, 0.15) is 17.5 Å². The van der Waals surface area contributed by atoms with Crippen molar-refractivity contribution in [2.24, 2.45) is 0 Å². The maximum atomic E-state index is 15.5. The summed E-state index contributed by atoms with van der Waals surface area (Å²) in [5, 5.41) is 2.08. The molecule has 6 heteroatoms. The molecule has 0 aliphatic heterocycles. The van der Waals surface area contributed by atoms with Crippen LogP contribution in [0.5, 0.6) is 0 Å². The van der Waals surface area contributed by atoms with E-state index in [9.17, 15) is 22.0 Å². The number of aryl methyl sites for hydroxylation is 1. The van der Waals surface area contributed by atoms with Gasteiger partial charge in [0.05, 0.1) is 0 Å². The summed E-state index contributed by atoms with van der Waals surface area (Å²) in [5.74, 6) is -4.04. The molecule has 5 aromatic carbocycles. The summed E-state index contributed by atoms with van der Waals surface area (Å²) in [6, 6.07) is 24.2. The number of halogens is 6. The minimum absolute atomic E-state index is 0.126. The van der Waals surface area contributed by atoms with Gasteiger partial charge >= 0.3 is 6.18 Å². The van der Waals surface area contributed by atoms with E-state index in [1.54, 1.807) is 30.3 Å². The third-order valence-electron chi connectivity index (χ3n) is 6.70. The van der Waals surface area contributed by atoms with Crippen LogP contribution in [0.25, 0.3) is 44.2 Å². The Labute approximate surface area is 221 Å². The van der Waals surface area contributed by atoms with E-state index >= 15 is 4.39 Å². The predicted octanol–water partition coefficient (Wildman–Crippen LogP) is 10.4. The molecular formula is C33H22F6. The summed E-state index contributed by atoms with van der Waals surface area (Å²) >= 11 is 0. The molecule has 5 aromatic rings. The van der Waals surface area contributed by atoms with Crippen LogP contribution in [0.2, 0.25) is 0 Å². The zero-order valence-electron chi connectivity index (χ0n) is 20.6. The molecule has 0 atom stereocenters. The second-order valence-corrected chi connectivity index (χ2v) is 9.28. The minimum Gasteiger partial charge on any atom is -0.206 e. The van der Waals surface area contributed by atoms with Gasteiger partial charge in [0.2, 0.25) is 0 Å². The number of alkyl halides is 3. The third-order valence-corrected chi connectivity index (χ3v) is 6.70. The van der Waals surface area contributed by atoms with Gasteiger partial charge < -0.3 is 0 Å². The molecule has 5 rings (SSSR count). The largest absolute Gasteiger partial charge is 0.422 e. The highest BCUT2D eigenvalue weighted by atomic mass is 19.4. The predicted molar refractivity (Wildman–Crippen MR) is 144 cm³/mol. The Balaban J connectivity index is 1.51. The lowest BCUT2D eigenvalue weighted by Gasteiger charge is -2.15. The first-order valence-electron chi connectivity index (χ1n) is 12.3. The van der Waals surface area contributed by atoms with Gasteiger partial charge in [0.15, 0.2) is 0 Å². The van der Waals surface area contributed by atoms with Gasteiger partial charge in [-0.25, -0.2) is 13.2 Å². The quantitative estimate of drug-likeness (QED) is 0.151. The van der Waals surface area contributed by atoms with Crippen LogP contribution in [-0.4, -0.2) is 0 Å². The summed E-state index contributed by atoms with van der Waals surface area (Å²) < 4.78 is 83.2. The average Bonchev–Trinajstić information content (AvgIpc) is 2.90. The van der Waals surface area contributed by atoms with Gasteiger partial charge in [0.1, 0.15) is 23.0 Å². The van der Waals surface area contributed by atoms with Gasteiger partial charge in [-0.05, 0) is 81.3 Å². The summed E-state index contributed by atoms with van der Waals surface area (Å²) in [6.45, 7) is 3.76. The molecule has 0 aromatic heterocycles. The van der Waals surface area contributed by atoms with Crippen molar-refractivity contribution >= 4 is 10.8 Å². The molecule has 0 fully saturated rings. The number of hydrogen-bond donors (Lipinski definition) is 0. The lowest BCUT2D eigenvalue weighted by Crippen LogP contribution is -2.11. The Morgan fingerprint density at radius 3 is 1.85 bits per heavy atom. The molecule has 0 saturated carbocycles. The van der Waals surface area contributed by atoms with Crippen molar-refractivity contribution in [2.75, 3.05) is 0 Å². The molecule has 0 nitrogen and oxygen atoms in total. The van der Waals surface area contributed by atoms with E-state index in [-0.39, 0.29) is 16.7 Å². The second-order valence-electron chi connectivity index (χ2n) is 9.28. The van der Waals surface area contributed by atoms with Crippen molar-refractivity contribution in [3.05, 3.63) is 132 Å². The molecule has 0 bridgehead atoms. The fourth-order valence-electron chi connectivity index (χ4n) is 4.78. The molecule has 196 valence electrons. The number of hydrogen-bond acceptors (Lipinski definition) is 0. The lowest BCUT2D eigenvalue weighted by molar-refractivity contribution is -0.142. The number of allylic oxidation sites excluding steroid dienone is 1. The van der Waals surface area contributed by atoms with E-state index in [2.05, 4.69) is 18.7 Å². The summed E-state index contributed by atoms with van der Waals surface area (Å²) in [4.78, 5) is 0. The molecule has 39 heavy (non-hydrogen) atoms. The van der Waals surface area contributed by atoms with Crippen LogP contribution in [0.3, 0.4) is 0 Å². The van der Waals surface area contributed by atoms with E-state index in [1.807, 2.05) is 30.3 Å². The summed E-state index contributed by atoms with van der Waals surface area (Å²) in [6.07, 6.45) is -1.50. The fraction of sp³-hybridized carbons (Fsp3) is 0.0909. The fourth-order valence-corrected chi connectivity index (χ4v) is 4.78. The van der Waals surface area contributed by atoms with Gasteiger partial charge in [0, 0.05) is 5.56 Å². The van der Waals surface area contributed by atoms with Crippen molar-refractivity contribution in [1.29, 1.82) is 0 Å². The Morgan fingerprint density at radius 2 is 1.18 bits per heavy atom.